The Labute approximate surface area is 107 Å². The molecule has 0 radical (unpaired) electrons. The number of nitrogens with one attached hydrogen (secondary N) is 1. The van der Waals surface area contributed by atoms with Crippen molar-refractivity contribution in [1.82, 2.24) is 4.84 Å². The van der Waals surface area contributed by atoms with Gasteiger partial charge in [0.2, 0.25) is 0 Å². The minimum atomic E-state index is -3.69. The maximum absolute atomic E-state index is 11.8. The molecule has 0 aliphatic heterocycles. The number of hydrogen-bond donors (Lipinski definition) is 4. The first-order valence-corrected chi connectivity index (χ1v) is 7.28. The number of halogens is 1. The second kappa shape index (κ2) is 6.86. The van der Waals surface area contributed by atoms with E-state index >= 15 is 0 Å². The lowest BCUT2D eigenvalue weighted by Crippen LogP contribution is -2.43. The topological polar surface area (TPSA) is 107 Å². The van der Waals surface area contributed by atoms with Crippen molar-refractivity contribution < 1.29 is 23.7 Å². The van der Waals surface area contributed by atoms with Gasteiger partial charge in [0.1, 0.15) is 5.25 Å². The van der Waals surface area contributed by atoms with Gasteiger partial charge in [0, 0.05) is 5.54 Å². The third-order valence-corrected chi connectivity index (χ3v) is 5.20. The Hall–Kier alpha value is 0.0800. The van der Waals surface area contributed by atoms with Crippen molar-refractivity contribution >= 4 is 21.6 Å². The summed E-state index contributed by atoms with van der Waals surface area (Å²) in [7, 11) is -3.69. The molecule has 0 heterocycles. The fourth-order valence-corrected chi connectivity index (χ4v) is 3.17. The van der Waals surface area contributed by atoms with Crippen molar-refractivity contribution in [3.05, 3.63) is 0 Å². The van der Waals surface area contributed by atoms with Gasteiger partial charge >= 0.3 is 0 Å². The lowest BCUT2D eigenvalue weighted by Gasteiger charge is -2.24. The van der Waals surface area contributed by atoms with Crippen LogP contribution in [0.25, 0.3) is 0 Å². The molecule has 0 rings (SSSR count). The minimum Gasteiger partial charge on any atom is -0.395 e. The van der Waals surface area contributed by atoms with Crippen molar-refractivity contribution in [2.24, 2.45) is 0 Å². The summed E-state index contributed by atoms with van der Waals surface area (Å²) in [5.74, 6) is -0.234. The quantitative estimate of drug-likeness (QED) is 0.428. The molecular weight excluding hydrogens is 270 g/mol. The summed E-state index contributed by atoms with van der Waals surface area (Å²) in [6.45, 7) is 2.03. The van der Waals surface area contributed by atoms with Gasteiger partial charge in [-0.15, -0.1) is 0 Å². The predicted molar refractivity (Wildman–Crippen MR) is 65.4 cm³/mol. The smallest absolute Gasteiger partial charge is 0.158 e. The van der Waals surface area contributed by atoms with E-state index in [0.29, 0.717) is 0 Å². The van der Waals surface area contributed by atoms with Gasteiger partial charge in [0.25, 0.3) is 0 Å². The summed E-state index contributed by atoms with van der Waals surface area (Å²) in [6, 6.07) is 0. The highest BCUT2D eigenvalue weighted by Crippen LogP contribution is 2.15. The first-order chi connectivity index (χ1) is 7.70. The average molecular weight is 290 g/mol. The van der Waals surface area contributed by atoms with E-state index in [2.05, 4.69) is 4.84 Å². The second-order valence-electron chi connectivity index (χ2n) is 4.57. The van der Waals surface area contributed by atoms with Gasteiger partial charge < -0.3 is 15.3 Å². The zero-order valence-electron chi connectivity index (χ0n) is 9.93. The van der Waals surface area contributed by atoms with Crippen LogP contribution in [0.5, 0.6) is 0 Å². The summed E-state index contributed by atoms with van der Waals surface area (Å²) in [6.07, 6.45) is -1.25. The lowest BCUT2D eigenvalue weighted by atomic mass is 10.0. The zero-order chi connectivity index (χ0) is 13.7. The third-order valence-electron chi connectivity index (χ3n) is 2.52. The molecule has 4 N–H and O–H groups in total. The van der Waals surface area contributed by atoms with E-state index in [4.69, 9.17) is 22.0 Å². The number of sulfone groups is 1. The van der Waals surface area contributed by atoms with E-state index in [-0.39, 0.29) is 12.2 Å². The molecule has 0 bridgehead atoms. The van der Waals surface area contributed by atoms with Crippen LogP contribution in [-0.2, 0) is 9.84 Å². The zero-order valence-corrected chi connectivity index (χ0v) is 11.5. The Kier molecular flexibility index (Phi) is 6.90. The SMILES string of the molecule is CC(C)(CCS(=O)(=O)C(CO)C(O)CO)NCl. The number of hydrogen-bond acceptors (Lipinski definition) is 6. The Bertz CT molecular complexity index is 319. The van der Waals surface area contributed by atoms with Crippen LogP contribution >= 0.6 is 11.8 Å². The number of rotatable bonds is 8. The largest absolute Gasteiger partial charge is 0.395 e. The molecule has 2 unspecified atom stereocenters. The summed E-state index contributed by atoms with van der Waals surface area (Å²) in [4.78, 5) is 2.45. The van der Waals surface area contributed by atoms with Crippen molar-refractivity contribution in [3.8, 4) is 0 Å². The Morgan fingerprint density at radius 3 is 2.18 bits per heavy atom. The number of aliphatic hydroxyl groups excluding tert-OH is 3. The molecule has 0 aromatic heterocycles. The van der Waals surface area contributed by atoms with Crippen molar-refractivity contribution in [3.63, 3.8) is 0 Å². The van der Waals surface area contributed by atoms with Gasteiger partial charge in [-0.25, -0.2) is 13.3 Å². The average Bonchev–Trinajstić information content (AvgIpc) is 2.27. The van der Waals surface area contributed by atoms with Crippen molar-refractivity contribution in [2.45, 2.75) is 37.2 Å². The summed E-state index contributed by atoms with van der Waals surface area (Å²) >= 11 is 5.44. The molecule has 8 heteroatoms. The molecule has 0 aromatic carbocycles. The maximum atomic E-state index is 11.8. The lowest BCUT2D eigenvalue weighted by molar-refractivity contribution is 0.0749. The molecule has 2 atom stereocenters. The maximum Gasteiger partial charge on any atom is 0.158 e. The highest BCUT2D eigenvalue weighted by atomic mass is 35.5. The minimum absolute atomic E-state index is 0.230. The van der Waals surface area contributed by atoms with E-state index in [9.17, 15) is 13.5 Å². The van der Waals surface area contributed by atoms with Gasteiger partial charge in [0.15, 0.2) is 9.84 Å². The Morgan fingerprint density at radius 2 is 1.82 bits per heavy atom. The highest BCUT2D eigenvalue weighted by molar-refractivity contribution is 7.92. The molecule has 0 aliphatic rings. The molecule has 0 saturated carbocycles. The first kappa shape index (κ1) is 17.1. The van der Waals surface area contributed by atoms with Gasteiger partial charge in [-0.05, 0) is 32.0 Å². The van der Waals surface area contributed by atoms with Crippen molar-refractivity contribution in [2.75, 3.05) is 19.0 Å². The summed E-state index contributed by atoms with van der Waals surface area (Å²) < 4.78 is 23.6. The van der Waals surface area contributed by atoms with Crippen LogP contribution in [0.15, 0.2) is 0 Å². The van der Waals surface area contributed by atoms with Crippen LogP contribution in [-0.4, -0.2) is 59.6 Å². The molecule has 0 aliphatic carbocycles. The van der Waals surface area contributed by atoms with E-state index in [1.165, 1.54) is 0 Å². The molecule has 104 valence electrons. The highest BCUT2D eigenvalue weighted by Gasteiger charge is 2.32. The normalized spacial score (nSPS) is 16.8. The van der Waals surface area contributed by atoms with Crippen molar-refractivity contribution in [1.29, 1.82) is 0 Å². The van der Waals surface area contributed by atoms with Gasteiger partial charge in [-0.3, -0.25) is 0 Å². The van der Waals surface area contributed by atoms with Crippen LogP contribution in [0.3, 0.4) is 0 Å². The van der Waals surface area contributed by atoms with E-state index < -0.39 is 39.9 Å². The molecule has 17 heavy (non-hydrogen) atoms. The first-order valence-electron chi connectivity index (χ1n) is 5.19. The molecule has 0 aromatic rings. The van der Waals surface area contributed by atoms with Crippen LogP contribution in [0.1, 0.15) is 20.3 Å². The monoisotopic (exact) mass is 289 g/mol. The fourth-order valence-electron chi connectivity index (χ4n) is 1.19. The van der Waals surface area contributed by atoms with Gasteiger partial charge in [-0.1, -0.05) is 0 Å². The van der Waals surface area contributed by atoms with E-state index in [1.807, 2.05) is 0 Å². The second-order valence-corrected chi connectivity index (χ2v) is 7.09. The fraction of sp³-hybridized carbons (Fsp3) is 1.00. The molecule has 0 spiro atoms. The number of aliphatic hydroxyl groups is 3. The van der Waals surface area contributed by atoms with Crippen LogP contribution in [0, 0.1) is 0 Å². The third kappa shape index (κ3) is 5.50. The molecule has 6 nitrogen and oxygen atoms in total. The van der Waals surface area contributed by atoms with Crippen LogP contribution < -0.4 is 4.84 Å². The summed E-state index contributed by atoms with van der Waals surface area (Å²) in [5, 5.41) is 25.6. The predicted octanol–water partition coefficient (Wildman–Crippen LogP) is -0.973. The van der Waals surface area contributed by atoms with E-state index in [1.54, 1.807) is 13.8 Å². The molecule has 0 fully saturated rings. The standard InChI is InChI=1S/C9H20ClNO5S/c1-9(2,11-10)3-4-17(15,16)8(6-13)7(14)5-12/h7-8,11-14H,3-6H2,1-2H3. The Morgan fingerprint density at radius 1 is 1.29 bits per heavy atom. The Balaban J connectivity index is 4.66. The van der Waals surface area contributed by atoms with Crippen LogP contribution in [0.2, 0.25) is 0 Å². The van der Waals surface area contributed by atoms with Gasteiger partial charge in [-0.2, -0.15) is 0 Å². The molecular formula is C9H20ClNO5S. The van der Waals surface area contributed by atoms with E-state index in [0.717, 1.165) is 0 Å². The summed E-state index contributed by atoms with van der Waals surface area (Å²) in [5.41, 5.74) is -0.571. The molecule has 0 amide bonds. The molecule has 0 saturated heterocycles. The van der Waals surface area contributed by atoms with Gasteiger partial charge in [0.05, 0.1) is 25.1 Å². The van der Waals surface area contributed by atoms with Crippen LogP contribution in [0.4, 0.5) is 0 Å².